The van der Waals surface area contributed by atoms with Crippen molar-refractivity contribution in [3.63, 3.8) is 0 Å². The molecule has 1 heterocycles. The Kier molecular flexibility index (Phi) is 1.90. The van der Waals surface area contributed by atoms with Gasteiger partial charge in [0.1, 0.15) is 0 Å². The van der Waals surface area contributed by atoms with E-state index in [9.17, 15) is 0 Å². The molecular weight excluding hydrogens is 138 g/mol. The molecule has 1 atom stereocenters. The zero-order chi connectivity index (χ0) is 7.73. The maximum absolute atomic E-state index is 5.93. The van der Waals surface area contributed by atoms with Crippen LogP contribution in [0.1, 0.15) is 38.5 Å². The third-order valence-corrected chi connectivity index (χ3v) is 3.12. The van der Waals surface area contributed by atoms with Gasteiger partial charge in [-0.1, -0.05) is 12.8 Å². The van der Waals surface area contributed by atoms with Gasteiger partial charge in [-0.05, 0) is 25.7 Å². The quantitative estimate of drug-likeness (QED) is 0.622. The van der Waals surface area contributed by atoms with Gasteiger partial charge in [-0.25, -0.2) is 0 Å². The van der Waals surface area contributed by atoms with Gasteiger partial charge in [-0.3, -0.25) is 0 Å². The van der Waals surface area contributed by atoms with Crippen LogP contribution in [0.4, 0.5) is 0 Å². The van der Waals surface area contributed by atoms with Gasteiger partial charge in [-0.2, -0.15) is 0 Å². The summed E-state index contributed by atoms with van der Waals surface area (Å²) in [4.78, 5) is 0. The second-order valence-corrected chi connectivity index (χ2v) is 3.90. The summed E-state index contributed by atoms with van der Waals surface area (Å²) in [6.07, 6.45) is 8.10. The lowest BCUT2D eigenvalue weighted by Gasteiger charge is -2.23. The molecule has 11 heavy (non-hydrogen) atoms. The Morgan fingerprint density at radius 1 is 1.27 bits per heavy atom. The number of hydrogen-bond acceptors (Lipinski definition) is 2. The highest BCUT2D eigenvalue weighted by atomic mass is 16.5. The van der Waals surface area contributed by atoms with Crippen molar-refractivity contribution < 1.29 is 4.74 Å². The Morgan fingerprint density at radius 2 is 2.00 bits per heavy atom. The van der Waals surface area contributed by atoms with Gasteiger partial charge < -0.3 is 10.5 Å². The van der Waals surface area contributed by atoms with Crippen LogP contribution >= 0.6 is 0 Å². The van der Waals surface area contributed by atoms with Crippen LogP contribution in [0, 0.1) is 0 Å². The van der Waals surface area contributed by atoms with Gasteiger partial charge >= 0.3 is 0 Å². The lowest BCUT2D eigenvalue weighted by atomic mass is 9.98. The van der Waals surface area contributed by atoms with Gasteiger partial charge in [0.2, 0.25) is 0 Å². The second kappa shape index (κ2) is 2.76. The first-order valence-electron chi connectivity index (χ1n) is 4.73. The van der Waals surface area contributed by atoms with E-state index in [0.717, 1.165) is 0 Å². The zero-order valence-electron chi connectivity index (χ0n) is 7.01. The van der Waals surface area contributed by atoms with Crippen molar-refractivity contribution in [2.24, 2.45) is 5.73 Å². The maximum Gasteiger partial charge on any atom is 0.0705 e. The summed E-state index contributed by atoms with van der Waals surface area (Å²) in [5.74, 6) is 0. The molecule has 2 aliphatic rings. The molecule has 1 aliphatic heterocycles. The van der Waals surface area contributed by atoms with E-state index in [-0.39, 0.29) is 5.60 Å². The molecule has 2 nitrogen and oxygen atoms in total. The highest BCUT2D eigenvalue weighted by molar-refractivity contribution is 4.92. The van der Waals surface area contributed by atoms with Crippen LogP contribution in [-0.2, 0) is 4.74 Å². The molecule has 1 saturated heterocycles. The molecule has 2 fully saturated rings. The van der Waals surface area contributed by atoms with E-state index in [1.54, 1.807) is 0 Å². The monoisotopic (exact) mass is 155 g/mol. The van der Waals surface area contributed by atoms with Crippen molar-refractivity contribution in [3.8, 4) is 0 Å². The Labute approximate surface area is 68.1 Å². The van der Waals surface area contributed by atoms with E-state index in [2.05, 4.69) is 0 Å². The van der Waals surface area contributed by atoms with Gasteiger partial charge in [0.15, 0.2) is 0 Å². The molecule has 2 heteroatoms. The molecule has 0 aromatic heterocycles. The molecule has 0 aromatic carbocycles. The molecular formula is C9H17NO. The summed E-state index contributed by atoms with van der Waals surface area (Å²) in [5.41, 5.74) is 5.84. The minimum atomic E-state index is 0.282. The van der Waals surface area contributed by atoms with Crippen molar-refractivity contribution in [1.82, 2.24) is 0 Å². The van der Waals surface area contributed by atoms with E-state index in [1.807, 2.05) is 0 Å². The lowest BCUT2D eigenvalue weighted by molar-refractivity contribution is -0.0322. The highest BCUT2D eigenvalue weighted by Crippen LogP contribution is 2.42. The fourth-order valence-electron chi connectivity index (χ4n) is 2.45. The molecule has 0 unspecified atom stereocenters. The Bertz CT molecular complexity index is 140. The number of rotatable bonds is 1. The van der Waals surface area contributed by atoms with E-state index in [0.29, 0.717) is 12.6 Å². The van der Waals surface area contributed by atoms with E-state index < -0.39 is 0 Å². The Balaban J connectivity index is 1.96. The molecule has 2 N–H and O–H groups in total. The minimum Gasteiger partial charge on any atom is -0.370 e. The topological polar surface area (TPSA) is 35.2 Å². The fourth-order valence-corrected chi connectivity index (χ4v) is 2.45. The molecule has 64 valence electrons. The SMILES string of the molecule is NC[C@@H]1CCC2(CCCC2)O1. The minimum absolute atomic E-state index is 0.282. The normalized spacial score (nSPS) is 35.2. The number of hydrogen-bond donors (Lipinski definition) is 1. The van der Waals surface area contributed by atoms with Crippen LogP contribution in [0.5, 0.6) is 0 Å². The lowest BCUT2D eigenvalue weighted by Crippen LogP contribution is -2.28. The van der Waals surface area contributed by atoms with Crippen LogP contribution < -0.4 is 5.73 Å². The third kappa shape index (κ3) is 1.30. The number of ether oxygens (including phenoxy) is 1. The van der Waals surface area contributed by atoms with Crippen LogP contribution in [0.25, 0.3) is 0 Å². The summed E-state index contributed by atoms with van der Waals surface area (Å²) < 4.78 is 5.93. The van der Waals surface area contributed by atoms with Crippen LogP contribution in [-0.4, -0.2) is 18.2 Å². The van der Waals surface area contributed by atoms with E-state index in [4.69, 9.17) is 10.5 Å². The van der Waals surface area contributed by atoms with Crippen LogP contribution in [0.15, 0.2) is 0 Å². The first-order chi connectivity index (χ1) is 5.35. The van der Waals surface area contributed by atoms with Gasteiger partial charge in [0.25, 0.3) is 0 Å². The Morgan fingerprint density at radius 3 is 2.55 bits per heavy atom. The van der Waals surface area contributed by atoms with E-state index in [1.165, 1.54) is 38.5 Å². The van der Waals surface area contributed by atoms with Crippen LogP contribution in [0.3, 0.4) is 0 Å². The summed E-state index contributed by atoms with van der Waals surface area (Å²) in [7, 11) is 0. The first-order valence-corrected chi connectivity index (χ1v) is 4.73. The first kappa shape index (κ1) is 7.56. The van der Waals surface area contributed by atoms with E-state index >= 15 is 0 Å². The largest absolute Gasteiger partial charge is 0.370 e. The van der Waals surface area contributed by atoms with Crippen molar-refractivity contribution in [2.45, 2.75) is 50.2 Å². The molecule has 1 saturated carbocycles. The fraction of sp³-hybridized carbons (Fsp3) is 1.00. The standard InChI is InChI=1S/C9H17NO/c10-7-8-3-6-9(11-8)4-1-2-5-9/h8H,1-7,10H2/t8-/m0/s1. The van der Waals surface area contributed by atoms with Crippen molar-refractivity contribution >= 4 is 0 Å². The second-order valence-electron chi connectivity index (χ2n) is 3.90. The number of nitrogens with two attached hydrogens (primary N) is 1. The molecule has 0 amide bonds. The summed E-state index contributed by atoms with van der Waals surface area (Å²) >= 11 is 0. The predicted octanol–water partition coefficient (Wildman–Crippen LogP) is 1.44. The summed E-state index contributed by atoms with van der Waals surface area (Å²) in [6, 6.07) is 0. The third-order valence-electron chi connectivity index (χ3n) is 3.12. The summed E-state index contributed by atoms with van der Waals surface area (Å²) in [6.45, 7) is 0.710. The van der Waals surface area contributed by atoms with Crippen LogP contribution in [0.2, 0.25) is 0 Å². The Hall–Kier alpha value is -0.0800. The molecule has 1 aliphatic carbocycles. The molecule has 0 aromatic rings. The molecule has 0 bridgehead atoms. The molecule has 0 radical (unpaired) electrons. The molecule has 1 spiro atoms. The van der Waals surface area contributed by atoms with Gasteiger partial charge in [0, 0.05) is 6.54 Å². The molecule has 2 rings (SSSR count). The zero-order valence-corrected chi connectivity index (χ0v) is 7.01. The summed E-state index contributed by atoms with van der Waals surface area (Å²) in [5, 5.41) is 0. The predicted molar refractivity (Wildman–Crippen MR) is 44.4 cm³/mol. The van der Waals surface area contributed by atoms with Crippen molar-refractivity contribution in [1.29, 1.82) is 0 Å². The van der Waals surface area contributed by atoms with Gasteiger partial charge in [-0.15, -0.1) is 0 Å². The average molecular weight is 155 g/mol. The van der Waals surface area contributed by atoms with Crippen molar-refractivity contribution in [3.05, 3.63) is 0 Å². The smallest absolute Gasteiger partial charge is 0.0705 e. The van der Waals surface area contributed by atoms with Gasteiger partial charge in [0.05, 0.1) is 11.7 Å². The maximum atomic E-state index is 5.93. The average Bonchev–Trinajstić information content (AvgIpc) is 2.62. The highest BCUT2D eigenvalue weighted by Gasteiger charge is 2.41. The van der Waals surface area contributed by atoms with Crippen molar-refractivity contribution in [2.75, 3.05) is 6.54 Å².